The molecule has 1 atom stereocenters. The Morgan fingerprint density at radius 2 is 2.14 bits per heavy atom. The van der Waals surface area contributed by atoms with Crippen molar-refractivity contribution in [2.45, 2.75) is 12.8 Å². The number of halogens is 1. The quantitative estimate of drug-likeness (QED) is 0.779. The Bertz CT molecular complexity index is 325. The zero-order valence-corrected chi connectivity index (χ0v) is 8.12. The van der Waals surface area contributed by atoms with Crippen molar-refractivity contribution in [2.75, 3.05) is 13.7 Å². The van der Waals surface area contributed by atoms with Crippen LogP contribution in [0.4, 0.5) is 4.39 Å². The molecule has 0 saturated carbocycles. The smallest absolute Gasteiger partial charge is 0.130 e. The predicted molar refractivity (Wildman–Crippen MR) is 50.1 cm³/mol. The molecule has 0 aliphatic rings. The van der Waals surface area contributed by atoms with Crippen molar-refractivity contribution in [3.63, 3.8) is 0 Å². The van der Waals surface area contributed by atoms with Gasteiger partial charge in [-0.15, -0.1) is 0 Å². The number of methoxy groups -OCH3 is 1. The molecule has 2 N–H and O–H groups in total. The minimum Gasteiger partial charge on any atom is -0.507 e. The Labute approximate surface area is 81.8 Å². The van der Waals surface area contributed by atoms with Crippen LogP contribution in [0.3, 0.4) is 0 Å². The lowest BCUT2D eigenvalue weighted by molar-refractivity contribution is 0.266. The fourth-order valence-corrected chi connectivity index (χ4v) is 1.33. The van der Waals surface area contributed by atoms with Crippen LogP contribution in [0.1, 0.15) is 18.4 Å². The molecule has 1 rings (SSSR count). The first-order valence-corrected chi connectivity index (χ1v) is 4.27. The van der Waals surface area contributed by atoms with Gasteiger partial charge in [-0.05, 0) is 0 Å². The highest BCUT2D eigenvalue weighted by atomic mass is 19.1. The molecule has 0 heterocycles. The highest BCUT2D eigenvalue weighted by Crippen LogP contribution is 2.35. The lowest BCUT2D eigenvalue weighted by atomic mass is 10.00. The molecule has 0 bridgehead atoms. The molecule has 78 valence electrons. The van der Waals surface area contributed by atoms with Crippen molar-refractivity contribution >= 4 is 0 Å². The zero-order valence-electron chi connectivity index (χ0n) is 8.12. The Morgan fingerprint density at radius 3 is 2.64 bits per heavy atom. The maximum atomic E-state index is 12.9. The number of phenols is 1. The molecular weight excluding hydrogens is 187 g/mol. The average molecular weight is 200 g/mol. The van der Waals surface area contributed by atoms with E-state index in [0.717, 1.165) is 6.07 Å². The number of benzene rings is 1. The molecule has 0 amide bonds. The number of rotatable bonds is 3. The molecule has 4 heteroatoms. The summed E-state index contributed by atoms with van der Waals surface area (Å²) >= 11 is 0. The maximum Gasteiger partial charge on any atom is 0.130 e. The lowest BCUT2D eigenvalue weighted by Crippen LogP contribution is -2.02. The van der Waals surface area contributed by atoms with Gasteiger partial charge in [-0.2, -0.15) is 0 Å². The van der Waals surface area contributed by atoms with Crippen LogP contribution in [-0.2, 0) is 0 Å². The van der Waals surface area contributed by atoms with Crippen LogP contribution in [0.25, 0.3) is 0 Å². The van der Waals surface area contributed by atoms with Crippen molar-refractivity contribution in [2.24, 2.45) is 0 Å². The third kappa shape index (κ3) is 1.96. The Balaban J connectivity index is 3.24. The summed E-state index contributed by atoms with van der Waals surface area (Å²) < 4.78 is 17.8. The molecule has 3 nitrogen and oxygen atoms in total. The number of hydrogen-bond acceptors (Lipinski definition) is 3. The van der Waals surface area contributed by atoms with Gasteiger partial charge in [-0.3, -0.25) is 0 Å². The largest absolute Gasteiger partial charge is 0.507 e. The van der Waals surface area contributed by atoms with Gasteiger partial charge in [0, 0.05) is 30.2 Å². The first-order valence-electron chi connectivity index (χ1n) is 4.27. The van der Waals surface area contributed by atoms with Gasteiger partial charge in [0.2, 0.25) is 0 Å². The summed E-state index contributed by atoms with van der Waals surface area (Å²) in [5.74, 6) is -0.786. The monoisotopic (exact) mass is 200 g/mol. The summed E-state index contributed by atoms with van der Waals surface area (Å²) in [5, 5.41) is 18.4. The van der Waals surface area contributed by atoms with E-state index >= 15 is 0 Å². The van der Waals surface area contributed by atoms with Gasteiger partial charge in [0.25, 0.3) is 0 Å². The van der Waals surface area contributed by atoms with Gasteiger partial charge in [0.15, 0.2) is 0 Å². The molecule has 0 saturated heterocycles. The third-order valence-electron chi connectivity index (χ3n) is 2.07. The minimum absolute atomic E-state index is 0.129. The van der Waals surface area contributed by atoms with Gasteiger partial charge < -0.3 is 14.9 Å². The number of hydrogen-bond donors (Lipinski definition) is 2. The first kappa shape index (κ1) is 10.8. The molecule has 1 aromatic rings. The number of aliphatic hydroxyl groups is 1. The second-order valence-corrected chi connectivity index (χ2v) is 3.12. The Hall–Kier alpha value is -1.29. The topological polar surface area (TPSA) is 49.7 Å². The van der Waals surface area contributed by atoms with Crippen molar-refractivity contribution in [1.82, 2.24) is 0 Å². The van der Waals surface area contributed by atoms with Crippen LogP contribution in [0, 0.1) is 5.82 Å². The molecule has 1 unspecified atom stereocenters. The first-order chi connectivity index (χ1) is 6.60. The highest BCUT2D eigenvalue weighted by Gasteiger charge is 2.16. The van der Waals surface area contributed by atoms with Crippen LogP contribution in [-0.4, -0.2) is 23.9 Å². The van der Waals surface area contributed by atoms with Gasteiger partial charge in [-0.1, -0.05) is 6.92 Å². The standard InChI is InChI=1S/C10H13FO3/c1-6(5-12)10-8(13)3-7(11)4-9(10)14-2/h3-4,6,12-13H,5H2,1-2H3. The normalized spacial score (nSPS) is 12.6. The fraction of sp³-hybridized carbons (Fsp3) is 0.400. The summed E-state index contributed by atoms with van der Waals surface area (Å²) in [6, 6.07) is 2.19. The second-order valence-electron chi connectivity index (χ2n) is 3.12. The Kier molecular flexibility index (Phi) is 3.30. The molecule has 0 fully saturated rings. The van der Waals surface area contributed by atoms with E-state index in [9.17, 15) is 9.50 Å². The SMILES string of the molecule is COc1cc(F)cc(O)c1C(C)CO. The fourth-order valence-electron chi connectivity index (χ4n) is 1.33. The molecule has 1 aromatic carbocycles. The van der Waals surface area contributed by atoms with E-state index in [1.807, 2.05) is 0 Å². The van der Waals surface area contributed by atoms with Crippen molar-refractivity contribution in [3.05, 3.63) is 23.5 Å². The number of aliphatic hydroxyl groups excluding tert-OH is 1. The van der Waals surface area contributed by atoms with E-state index in [0.29, 0.717) is 5.56 Å². The minimum atomic E-state index is -0.562. The summed E-state index contributed by atoms with van der Waals surface area (Å²) in [7, 11) is 1.39. The van der Waals surface area contributed by atoms with Gasteiger partial charge in [0.05, 0.1) is 7.11 Å². The molecule has 0 aromatic heterocycles. The lowest BCUT2D eigenvalue weighted by Gasteiger charge is -2.15. The van der Waals surface area contributed by atoms with Crippen LogP contribution in [0.15, 0.2) is 12.1 Å². The van der Waals surface area contributed by atoms with Crippen molar-refractivity contribution < 1.29 is 19.3 Å². The van der Waals surface area contributed by atoms with E-state index in [2.05, 4.69) is 0 Å². The molecule has 0 spiro atoms. The van der Waals surface area contributed by atoms with E-state index in [4.69, 9.17) is 9.84 Å². The molecule has 0 aliphatic heterocycles. The number of phenolic OH excluding ortho intramolecular Hbond substituents is 1. The summed E-state index contributed by atoms with van der Waals surface area (Å²) in [6.45, 7) is 1.59. The van der Waals surface area contributed by atoms with Gasteiger partial charge in [0.1, 0.15) is 17.3 Å². The average Bonchev–Trinajstić information content (AvgIpc) is 2.15. The van der Waals surface area contributed by atoms with Crippen LogP contribution >= 0.6 is 0 Å². The summed E-state index contributed by atoms with van der Waals surface area (Å²) in [5.41, 5.74) is 0.427. The summed E-state index contributed by atoms with van der Waals surface area (Å²) in [4.78, 5) is 0. The highest BCUT2D eigenvalue weighted by molar-refractivity contribution is 5.46. The van der Waals surface area contributed by atoms with Crippen molar-refractivity contribution in [3.8, 4) is 11.5 Å². The zero-order chi connectivity index (χ0) is 10.7. The van der Waals surface area contributed by atoms with Crippen LogP contribution in [0.2, 0.25) is 0 Å². The predicted octanol–water partition coefficient (Wildman–Crippen LogP) is 1.64. The Morgan fingerprint density at radius 1 is 1.50 bits per heavy atom. The molecule has 0 radical (unpaired) electrons. The van der Waals surface area contributed by atoms with Gasteiger partial charge in [-0.25, -0.2) is 4.39 Å². The molecule has 14 heavy (non-hydrogen) atoms. The summed E-state index contributed by atoms with van der Waals surface area (Å²) in [6.07, 6.45) is 0. The number of ether oxygens (including phenoxy) is 1. The van der Waals surface area contributed by atoms with Crippen LogP contribution < -0.4 is 4.74 Å². The number of aromatic hydroxyl groups is 1. The van der Waals surface area contributed by atoms with Gasteiger partial charge >= 0.3 is 0 Å². The van der Waals surface area contributed by atoms with E-state index < -0.39 is 5.82 Å². The second kappa shape index (κ2) is 4.28. The maximum absolute atomic E-state index is 12.9. The van der Waals surface area contributed by atoms with E-state index in [1.54, 1.807) is 6.92 Å². The van der Waals surface area contributed by atoms with E-state index in [1.165, 1.54) is 13.2 Å². The van der Waals surface area contributed by atoms with Crippen LogP contribution in [0.5, 0.6) is 11.5 Å². The van der Waals surface area contributed by atoms with E-state index in [-0.39, 0.29) is 24.0 Å². The molecule has 0 aliphatic carbocycles. The molecular formula is C10H13FO3. The van der Waals surface area contributed by atoms with Crippen molar-refractivity contribution in [1.29, 1.82) is 0 Å². The third-order valence-corrected chi connectivity index (χ3v) is 2.07.